The minimum absolute atomic E-state index is 0.0208. The largest absolute Gasteiger partial charge is 0.480 e. The van der Waals surface area contributed by atoms with Crippen molar-refractivity contribution in [2.75, 3.05) is 26.7 Å². The van der Waals surface area contributed by atoms with Crippen molar-refractivity contribution in [1.82, 2.24) is 15.1 Å². The number of carbonyl (C=O) groups excluding carboxylic acids is 2. The lowest BCUT2D eigenvalue weighted by molar-refractivity contribution is -0.145. The number of hydrogen-bond acceptors (Lipinski definition) is 8. The van der Waals surface area contributed by atoms with Crippen LogP contribution in [0.1, 0.15) is 16.5 Å². The molecule has 0 bridgehead atoms. The molecule has 2 atom stereocenters. The van der Waals surface area contributed by atoms with E-state index in [-0.39, 0.29) is 29.7 Å². The highest BCUT2D eigenvalue weighted by Gasteiger charge is 2.41. The minimum atomic E-state index is -4.14. The molecular weight excluding hydrogens is 540 g/mol. The van der Waals surface area contributed by atoms with Gasteiger partial charge in [-0.1, -0.05) is 41.9 Å². The number of hydrogen-bond donors (Lipinski definition) is 3. The molecule has 10 nitrogen and oxygen atoms in total. The minimum Gasteiger partial charge on any atom is -0.480 e. The van der Waals surface area contributed by atoms with Crippen LogP contribution in [-0.2, 0) is 24.2 Å². The maximum absolute atomic E-state index is 14.0. The van der Waals surface area contributed by atoms with Crippen LogP contribution >= 0.6 is 22.9 Å². The zero-order chi connectivity index (χ0) is 26.9. The van der Waals surface area contributed by atoms with Crippen molar-refractivity contribution in [2.45, 2.75) is 15.6 Å². The van der Waals surface area contributed by atoms with Crippen molar-refractivity contribution in [3.8, 4) is 0 Å². The maximum atomic E-state index is 14.0. The molecule has 1 aliphatic heterocycles. The van der Waals surface area contributed by atoms with Crippen LogP contribution < -0.4 is 5.32 Å². The summed E-state index contributed by atoms with van der Waals surface area (Å²) in [5, 5.41) is 19.9. The summed E-state index contributed by atoms with van der Waals surface area (Å²) in [6.45, 7) is -0.515. The molecule has 2 heterocycles. The number of aldehydes is 1. The zero-order valence-electron chi connectivity index (χ0n) is 19.5. The number of carboxylic acids is 1. The van der Waals surface area contributed by atoms with Gasteiger partial charge in [0.2, 0.25) is 15.7 Å². The lowest BCUT2D eigenvalue weighted by Crippen LogP contribution is -2.58. The SMILES string of the molecule is CN(CC=O)C(=N)c1ccc(C(N2CC(=O)N[C@@H](C(=O)O)C2)S(=O)(=O)c2cc3ccc(Cl)cc3s2)cc1. The van der Waals surface area contributed by atoms with Crippen LogP contribution in [0.3, 0.4) is 0 Å². The number of amidine groups is 1. The van der Waals surface area contributed by atoms with E-state index in [1.807, 2.05) is 0 Å². The number of fused-ring (bicyclic) bond motifs is 1. The Morgan fingerprint density at radius 2 is 2.00 bits per heavy atom. The van der Waals surface area contributed by atoms with Gasteiger partial charge in [0.05, 0.1) is 13.1 Å². The normalized spacial score (nSPS) is 17.2. The van der Waals surface area contributed by atoms with E-state index in [9.17, 15) is 27.9 Å². The molecule has 37 heavy (non-hydrogen) atoms. The van der Waals surface area contributed by atoms with E-state index in [1.165, 1.54) is 28.0 Å². The molecule has 0 aliphatic carbocycles. The fourth-order valence-corrected chi connectivity index (χ4v) is 7.79. The standard InChI is InChI=1S/C24H23ClN4O6S2/c1-28(8-9-30)22(26)14-2-4-15(5-3-14)23(29-12-18(24(32)33)27-20(31)13-29)37(34,35)21-10-16-6-7-17(25)11-19(16)36-21/h2-7,9-11,18,23,26H,8,12-13H2,1H3,(H,27,31)(H,32,33)/t18-,23?/m1/s1. The van der Waals surface area contributed by atoms with Gasteiger partial charge in [0.1, 0.15) is 27.7 Å². The molecule has 1 unspecified atom stereocenters. The molecule has 4 rings (SSSR count). The Labute approximate surface area is 221 Å². The Balaban J connectivity index is 1.79. The van der Waals surface area contributed by atoms with Crippen LogP contribution in [0, 0.1) is 5.41 Å². The van der Waals surface area contributed by atoms with E-state index in [1.54, 1.807) is 37.4 Å². The number of piperazine rings is 1. The van der Waals surface area contributed by atoms with Crippen LogP contribution in [0.2, 0.25) is 5.02 Å². The van der Waals surface area contributed by atoms with E-state index in [0.29, 0.717) is 32.5 Å². The number of carbonyl (C=O) groups is 3. The highest BCUT2D eigenvalue weighted by molar-refractivity contribution is 7.93. The van der Waals surface area contributed by atoms with Gasteiger partial charge in [-0.15, -0.1) is 11.3 Å². The van der Waals surface area contributed by atoms with Crippen molar-refractivity contribution < 1.29 is 27.9 Å². The molecule has 1 amide bonds. The second-order valence-corrected chi connectivity index (χ2v) is 12.3. The van der Waals surface area contributed by atoms with Gasteiger partial charge in [-0.2, -0.15) is 0 Å². The highest BCUT2D eigenvalue weighted by atomic mass is 35.5. The van der Waals surface area contributed by atoms with Gasteiger partial charge >= 0.3 is 5.97 Å². The van der Waals surface area contributed by atoms with Gasteiger partial charge in [-0.3, -0.25) is 15.1 Å². The summed E-state index contributed by atoms with van der Waals surface area (Å²) < 4.78 is 28.8. The summed E-state index contributed by atoms with van der Waals surface area (Å²) in [5.74, 6) is -1.80. The quantitative estimate of drug-likeness (QED) is 0.215. The maximum Gasteiger partial charge on any atom is 0.327 e. The Kier molecular flexibility index (Phi) is 7.64. The monoisotopic (exact) mass is 562 g/mol. The van der Waals surface area contributed by atoms with Gasteiger partial charge in [-0.05, 0) is 29.1 Å². The number of sulfone groups is 1. The van der Waals surface area contributed by atoms with Crippen molar-refractivity contribution in [3.63, 3.8) is 0 Å². The zero-order valence-corrected chi connectivity index (χ0v) is 21.9. The van der Waals surface area contributed by atoms with E-state index >= 15 is 0 Å². The number of halogens is 1. The molecule has 2 aromatic carbocycles. The van der Waals surface area contributed by atoms with Gasteiger partial charge in [0.15, 0.2) is 0 Å². The molecular formula is C24H23ClN4O6S2. The number of nitrogens with one attached hydrogen (secondary N) is 2. The summed E-state index contributed by atoms with van der Waals surface area (Å²) in [5.41, 5.74) is 0.768. The van der Waals surface area contributed by atoms with Crippen molar-refractivity contribution in [1.29, 1.82) is 5.41 Å². The second-order valence-electron chi connectivity index (χ2n) is 8.55. The summed E-state index contributed by atoms with van der Waals surface area (Å²) in [4.78, 5) is 37.6. The van der Waals surface area contributed by atoms with E-state index in [4.69, 9.17) is 17.0 Å². The summed E-state index contributed by atoms with van der Waals surface area (Å²) >= 11 is 7.12. The summed E-state index contributed by atoms with van der Waals surface area (Å²) in [7, 11) is -2.55. The van der Waals surface area contributed by atoms with Crippen molar-refractivity contribution in [3.05, 3.63) is 64.7 Å². The lowest BCUT2D eigenvalue weighted by atomic mass is 10.1. The molecule has 3 aromatic rings. The lowest BCUT2D eigenvalue weighted by Gasteiger charge is -2.36. The Bertz CT molecular complexity index is 1490. The predicted octanol–water partition coefficient (Wildman–Crippen LogP) is 2.37. The third-order valence-corrected chi connectivity index (χ3v) is 9.87. The first kappa shape index (κ1) is 26.7. The van der Waals surface area contributed by atoms with E-state index < -0.39 is 33.1 Å². The molecule has 1 aliphatic rings. The molecule has 3 N–H and O–H groups in total. The first-order valence-electron chi connectivity index (χ1n) is 11.0. The van der Waals surface area contributed by atoms with Crippen LogP contribution in [0.15, 0.2) is 52.7 Å². The van der Waals surface area contributed by atoms with Crippen molar-refractivity contribution in [2.24, 2.45) is 0 Å². The van der Waals surface area contributed by atoms with Gasteiger partial charge in [0.25, 0.3) is 0 Å². The number of amides is 1. The number of aliphatic carboxylic acids is 1. The summed E-state index contributed by atoms with van der Waals surface area (Å²) in [6.07, 6.45) is 0.671. The second kappa shape index (κ2) is 10.6. The van der Waals surface area contributed by atoms with Gasteiger partial charge in [-0.25, -0.2) is 13.2 Å². The molecule has 1 saturated heterocycles. The van der Waals surface area contributed by atoms with Gasteiger partial charge < -0.3 is 20.1 Å². The van der Waals surface area contributed by atoms with Crippen LogP contribution in [0.4, 0.5) is 0 Å². The molecule has 0 saturated carbocycles. The number of thiophene rings is 1. The molecule has 0 radical (unpaired) electrons. The first-order valence-corrected chi connectivity index (χ1v) is 13.8. The van der Waals surface area contributed by atoms with Crippen LogP contribution in [0.5, 0.6) is 0 Å². The van der Waals surface area contributed by atoms with Crippen LogP contribution in [0.25, 0.3) is 10.1 Å². The Hall–Kier alpha value is -3.32. The average Bonchev–Trinajstić information content (AvgIpc) is 3.28. The number of carboxylic acid groups (broad SMARTS) is 1. The average molecular weight is 563 g/mol. The molecule has 0 spiro atoms. The van der Waals surface area contributed by atoms with E-state index in [2.05, 4.69) is 5.32 Å². The smallest absolute Gasteiger partial charge is 0.327 e. The fraction of sp³-hybridized carbons (Fsp3) is 0.250. The number of nitrogens with zero attached hydrogens (tertiary/aromatic N) is 2. The first-order chi connectivity index (χ1) is 17.5. The number of likely N-dealkylation sites (N-methyl/N-ethyl adjacent to an activating group) is 1. The Morgan fingerprint density at radius 1 is 1.30 bits per heavy atom. The number of benzene rings is 2. The predicted molar refractivity (Wildman–Crippen MR) is 140 cm³/mol. The number of rotatable bonds is 8. The summed E-state index contributed by atoms with van der Waals surface area (Å²) in [6, 6.07) is 11.5. The third kappa shape index (κ3) is 5.52. The Morgan fingerprint density at radius 3 is 2.65 bits per heavy atom. The van der Waals surface area contributed by atoms with Gasteiger partial charge in [0, 0.05) is 28.9 Å². The highest BCUT2D eigenvalue weighted by Crippen LogP contribution is 2.39. The topological polar surface area (TPSA) is 148 Å². The van der Waals surface area contributed by atoms with Crippen molar-refractivity contribution >= 4 is 66.9 Å². The third-order valence-electron chi connectivity index (χ3n) is 5.96. The van der Waals surface area contributed by atoms with E-state index in [0.717, 1.165) is 11.3 Å². The molecule has 1 aromatic heterocycles. The fourth-order valence-electron chi connectivity index (χ4n) is 4.13. The van der Waals surface area contributed by atoms with Crippen LogP contribution in [-0.4, -0.2) is 80.0 Å². The molecule has 13 heteroatoms. The molecule has 1 fully saturated rings. The molecule has 194 valence electrons.